The smallest absolute Gasteiger partial charge is 0.191 e. The van der Waals surface area contributed by atoms with Crippen molar-refractivity contribution in [3.63, 3.8) is 0 Å². The van der Waals surface area contributed by atoms with Crippen LogP contribution in [0.15, 0.2) is 39.7 Å². The largest absolute Gasteiger partial charge is 0.459 e. The van der Waals surface area contributed by atoms with Gasteiger partial charge in [0, 0.05) is 32.7 Å². The summed E-state index contributed by atoms with van der Waals surface area (Å²) in [6, 6.07) is 10.0. The van der Waals surface area contributed by atoms with Gasteiger partial charge in [0.15, 0.2) is 5.96 Å². The van der Waals surface area contributed by atoms with Gasteiger partial charge in [0.1, 0.15) is 11.3 Å². The standard InChI is InChI=1S/C15H21N3O2/c1-16-15(17-8-5-9-19-2)18-11-13-10-12-6-3-4-7-14(12)20-13/h3-4,6-7,10H,5,8-9,11H2,1-2H3,(H2,16,17,18). The van der Waals surface area contributed by atoms with Gasteiger partial charge in [-0.15, -0.1) is 0 Å². The molecule has 0 atom stereocenters. The molecule has 20 heavy (non-hydrogen) atoms. The molecule has 2 aromatic rings. The molecular formula is C15H21N3O2. The van der Waals surface area contributed by atoms with E-state index >= 15 is 0 Å². The Hall–Kier alpha value is -2.01. The van der Waals surface area contributed by atoms with E-state index in [2.05, 4.69) is 15.6 Å². The molecule has 0 radical (unpaired) electrons. The predicted octanol–water partition coefficient (Wildman–Crippen LogP) is 2.13. The van der Waals surface area contributed by atoms with Gasteiger partial charge >= 0.3 is 0 Å². The first-order valence-electron chi connectivity index (χ1n) is 6.74. The lowest BCUT2D eigenvalue weighted by molar-refractivity contribution is 0.195. The first kappa shape index (κ1) is 14.4. The normalized spacial score (nSPS) is 11.8. The van der Waals surface area contributed by atoms with Crippen molar-refractivity contribution in [3.8, 4) is 0 Å². The van der Waals surface area contributed by atoms with Crippen molar-refractivity contribution < 1.29 is 9.15 Å². The van der Waals surface area contributed by atoms with Crippen LogP contribution in [0.25, 0.3) is 11.0 Å². The van der Waals surface area contributed by atoms with E-state index in [1.165, 1.54) is 0 Å². The number of ether oxygens (including phenoxy) is 1. The first-order chi connectivity index (χ1) is 9.83. The summed E-state index contributed by atoms with van der Waals surface area (Å²) in [7, 11) is 3.46. The third-order valence-electron chi connectivity index (χ3n) is 2.95. The second kappa shape index (κ2) is 7.55. The Bertz CT molecular complexity index is 530. The number of hydrogen-bond donors (Lipinski definition) is 2. The minimum Gasteiger partial charge on any atom is -0.459 e. The second-order valence-electron chi connectivity index (χ2n) is 4.45. The molecule has 5 heteroatoms. The van der Waals surface area contributed by atoms with Crippen LogP contribution in [0.3, 0.4) is 0 Å². The number of aliphatic imine (C=N–C) groups is 1. The van der Waals surface area contributed by atoms with Gasteiger partial charge in [-0.3, -0.25) is 4.99 Å². The van der Waals surface area contributed by atoms with Crippen LogP contribution in [0.4, 0.5) is 0 Å². The van der Waals surface area contributed by atoms with Gasteiger partial charge in [-0.25, -0.2) is 0 Å². The quantitative estimate of drug-likeness (QED) is 0.482. The summed E-state index contributed by atoms with van der Waals surface area (Å²) in [5, 5.41) is 7.57. The van der Waals surface area contributed by atoms with E-state index in [0.717, 1.165) is 42.3 Å². The molecule has 0 fully saturated rings. The van der Waals surface area contributed by atoms with E-state index in [1.807, 2.05) is 30.3 Å². The minimum atomic E-state index is 0.610. The van der Waals surface area contributed by atoms with Crippen molar-refractivity contribution in [1.29, 1.82) is 0 Å². The average Bonchev–Trinajstić information content (AvgIpc) is 2.89. The van der Waals surface area contributed by atoms with E-state index in [1.54, 1.807) is 14.2 Å². The van der Waals surface area contributed by atoms with Crippen LogP contribution in [0.5, 0.6) is 0 Å². The number of nitrogens with zero attached hydrogens (tertiary/aromatic N) is 1. The number of benzene rings is 1. The number of guanidine groups is 1. The van der Waals surface area contributed by atoms with Gasteiger partial charge in [0.2, 0.25) is 0 Å². The summed E-state index contributed by atoms with van der Waals surface area (Å²) in [6.45, 7) is 2.18. The summed E-state index contributed by atoms with van der Waals surface area (Å²) in [4.78, 5) is 4.17. The Morgan fingerprint density at radius 3 is 2.90 bits per heavy atom. The highest BCUT2D eigenvalue weighted by molar-refractivity contribution is 5.80. The van der Waals surface area contributed by atoms with Crippen LogP contribution in [-0.4, -0.2) is 33.3 Å². The van der Waals surface area contributed by atoms with Gasteiger partial charge < -0.3 is 19.8 Å². The minimum absolute atomic E-state index is 0.610. The number of furan rings is 1. The number of nitrogens with one attached hydrogen (secondary N) is 2. The molecule has 0 saturated heterocycles. The maximum Gasteiger partial charge on any atom is 0.191 e. The monoisotopic (exact) mass is 275 g/mol. The fourth-order valence-corrected chi connectivity index (χ4v) is 1.94. The first-order valence-corrected chi connectivity index (χ1v) is 6.74. The summed E-state index contributed by atoms with van der Waals surface area (Å²) >= 11 is 0. The maximum atomic E-state index is 5.74. The van der Waals surface area contributed by atoms with Crippen molar-refractivity contribution in [2.75, 3.05) is 27.3 Å². The van der Waals surface area contributed by atoms with E-state index in [9.17, 15) is 0 Å². The van der Waals surface area contributed by atoms with E-state index in [0.29, 0.717) is 6.54 Å². The number of hydrogen-bond acceptors (Lipinski definition) is 3. The van der Waals surface area contributed by atoms with Crippen molar-refractivity contribution in [2.24, 2.45) is 4.99 Å². The summed E-state index contributed by atoms with van der Waals surface area (Å²) < 4.78 is 10.7. The zero-order chi connectivity index (χ0) is 14.2. The topological polar surface area (TPSA) is 58.8 Å². The molecule has 2 rings (SSSR count). The van der Waals surface area contributed by atoms with Gasteiger partial charge in [0.25, 0.3) is 0 Å². The van der Waals surface area contributed by atoms with Crippen LogP contribution in [0.2, 0.25) is 0 Å². The molecule has 108 valence electrons. The lowest BCUT2D eigenvalue weighted by atomic mass is 10.2. The lowest BCUT2D eigenvalue weighted by Gasteiger charge is -2.10. The highest BCUT2D eigenvalue weighted by Gasteiger charge is 2.04. The van der Waals surface area contributed by atoms with Crippen molar-refractivity contribution in [3.05, 3.63) is 36.1 Å². The third-order valence-corrected chi connectivity index (χ3v) is 2.95. The Kier molecular flexibility index (Phi) is 5.43. The molecule has 0 aliphatic carbocycles. The van der Waals surface area contributed by atoms with Crippen LogP contribution >= 0.6 is 0 Å². The third kappa shape index (κ3) is 3.99. The van der Waals surface area contributed by atoms with Gasteiger partial charge in [-0.2, -0.15) is 0 Å². The van der Waals surface area contributed by atoms with Gasteiger partial charge in [-0.1, -0.05) is 18.2 Å². The summed E-state index contributed by atoms with van der Waals surface area (Å²) in [6.07, 6.45) is 0.946. The van der Waals surface area contributed by atoms with E-state index in [4.69, 9.17) is 9.15 Å². The van der Waals surface area contributed by atoms with Crippen LogP contribution < -0.4 is 10.6 Å². The molecule has 1 heterocycles. The molecule has 0 saturated carbocycles. The molecule has 0 unspecified atom stereocenters. The fraction of sp³-hybridized carbons (Fsp3) is 0.400. The average molecular weight is 275 g/mol. The Balaban J connectivity index is 1.83. The SMILES string of the molecule is CN=C(NCCCOC)NCc1cc2ccccc2o1. The number of para-hydroxylation sites is 1. The molecular weight excluding hydrogens is 254 g/mol. The molecule has 1 aromatic carbocycles. The Morgan fingerprint density at radius 1 is 1.30 bits per heavy atom. The molecule has 0 spiro atoms. The molecule has 0 aliphatic rings. The second-order valence-corrected chi connectivity index (χ2v) is 4.45. The highest BCUT2D eigenvalue weighted by Crippen LogP contribution is 2.18. The summed E-state index contributed by atoms with van der Waals surface area (Å²) in [5.41, 5.74) is 0.910. The number of fused-ring (bicyclic) bond motifs is 1. The highest BCUT2D eigenvalue weighted by atomic mass is 16.5. The lowest BCUT2D eigenvalue weighted by Crippen LogP contribution is -2.37. The predicted molar refractivity (Wildman–Crippen MR) is 80.9 cm³/mol. The summed E-state index contributed by atoms with van der Waals surface area (Å²) in [5.74, 6) is 1.66. The van der Waals surface area contributed by atoms with Crippen molar-refractivity contribution in [2.45, 2.75) is 13.0 Å². The molecule has 0 bridgehead atoms. The number of rotatable bonds is 6. The zero-order valence-corrected chi connectivity index (χ0v) is 12.0. The zero-order valence-electron chi connectivity index (χ0n) is 12.0. The van der Waals surface area contributed by atoms with Crippen LogP contribution in [0.1, 0.15) is 12.2 Å². The molecule has 2 N–H and O–H groups in total. The maximum absolute atomic E-state index is 5.74. The van der Waals surface area contributed by atoms with Gasteiger partial charge in [0.05, 0.1) is 6.54 Å². The number of methoxy groups -OCH3 is 1. The molecule has 1 aromatic heterocycles. The van der Waals surface area contributed by atoms with E-state index < -0.39 is 0 Å². The Morgan fingerprint density at radius 2 is 2.15 bits per heavy atom. The van der Waals surface area contributed by atoms with Crippen LogP contribution in [0, 0.1) is 0 Å². The molecule has 0 amide bonds. The Labute approximate surface area is 119 Å². The van der Waals surface area contributed by atoms with Crippen molar-refractivity contribution in [1.82, 2.24) is 10.6 Å². The molecule has 5 nitrogen and oxygen atoms in total. The molecule has 0 aliphatic heterocycles. The van der Waals surface area contributed by atoms with Crippen LogP contribution in [-0.2, 0) is 11.3 Å². The van der Waals surface area contributed by atoms with Gasteiger partial charge in [-0.05, 0) is 18.6 Å². The fourth-order valence-electron chi connectivity index (χ4n) is 1.94. The van der Waals surface area contributed by atoms with E-state index in [-0.39, 0.29) is 0 Å². The van der Waals surface area contributed by atoms with Crippen molar-refractivity contribution >= 4 is 16.9 Å².